The van der Waals surface area contributed by atoms with Gasteiger partial charge in [0.25, 0.3) is 11.8 Å². The minimum atomic E-state index is -3.42. The lowest BCUT2D eigenvalue weighted by Gasteiger charge is -2.29. The van der Waals surface area contributed by atoms with Crippen LogP contribution in [0, 0.1) is 0 Å². The van der Waals surface area contributed by atoms with E-state index in [1.54, 1.807) is 29.9 Å². The normalized spacial score (nSPS) is 21.4. The van der Waals surface area contributed by atoms with Gasteiger partial charge in [0, 0.05) is 18.4 Å². The third-order valence-electron chi connectivity index (χ3n) is 3.86. The van der Waals surface area contributed by atoms with Gasteiger partial charge in [-0.3, -0.25) is 0 Å². The van der Waals surface area contributed by atoms with Crippen molar-refractivity contribution in [2.75, 3.05) is 7.11 Å². The molecule has 9 heteroatoms. The Bertz CT molecular complexity index is 757. The van der Waals surface area contributed by atoms with Crippen LogP contribution >= 0.6 is 11.3 Å². The summed E-state index contributed by atoms with van der Waals surface area (Å²) >= 11 is 1.22. The summed E-state index contributed by atoms with van der Waals surface area (Å²) in [5.41, 5.74) is 0. The monoisotopic (exact) mass is 369 g/mol. The van der Waals surface area contributed by atoms with Crippen LogP contribution in [0.15, 0.2) is 34.1 Å². The van der Waals surface area contributed by atoms with Crippen molar-refractivity contribution in [3.8, 4) is 11.8 Å². The second kappa shape index (κ2) is 7.45. The molecule has 0 saturated heterocycles. The van der Waals surface area contributed by atoms with E-state index in [9.17, 15) is 8.42 Å². The number of nitrogens with one attached hydrogen (secondary N) is 1. The molecule has 1 N–H and O–H groups in total. The SMILES string of the molecule is COc1nccnc1OC1CCC(NS(=O)(=O)c2cccs2)CC1. The first-order valence-electron chi connectivity index (χ1n) is 7.66. The Labute approximate surface area is 145 Å². The standard InChI is InChI=1S/C15H19N3O4S2/c1-21-14-15(17-9-8-16-14)22-12-6-4-11(5-7-12)18-24(19,20)13-3-2-10-23-13/h2-3,8-12,18H,4-7H2,1H3. The fourth-order valence-electron chi connectivity index (χ4n) is 2.68. The molecule has 1 aliphatic rings. The first-order valence-corrected chi connectivity index (χ1v) is 10.0. The average molecular weight is 369 g/mol. The molecule has 0 aliphatic heterocycles. The zero-order valence-corrected chi connectivity index (χ0v) is 14.8. The van der Waals surface area contributed by atoms with E-state index in [1.165, 1.54) is 18.4 Å². The highest BCUT2D eigenvalue weighted by Crippen LogP contribution is 2.28. The Kier molecular flexibility index (Phi) is 5.32. The van der Waals surface area contributed by atoms with E-state index in [0.717, 1.165) is 25.7 Å². The minimum Gasteiger partial charge on any atom is -0.477 e. The van der Waals surface area contributed by atoms with Crippen molar-refractivity contribution >= 4 is 21.4 Å². The quantitative estimate of drug-likeness (QED) is 0.840. The van der Waals surface area contributed by atoms with E-state index >= 15 is 0 Å². The number of hydrogen-bond acceptors (Lipinski definition) is 7. The third-order valence-corrected chi connectivity index (χ3v) is 6.78. The maximum Gasteiger partial charge on any atom is 0.278 e. The first-order chi connectivity index (χ1) is 11.6. The number of sulfonamides is 1. The second-order valence-corrected chi connectivity index (χ2v) is 8.40. The Hall–Kier alpha value is -1.71. The molecule has 3 rings (SSSR count). The van der Waals surface area contributed by atoms with Crippen LogP contribution < -0.4 is 14.2 Å². The van der Waals surface area contributed by atoms with Gasteiger partial charge in [0.15, 0.2) is 0 Å². The topological polar surface area (TPSA) is 90.4 Å². The summed E-state index contributed by atoms with van der Waals surface area (Å²) in [6.45, 7) is 0. The summed E-state index contributed by atoms with van der Waals surface area (Å²) in [5.74, 6) is 0.737. The summed E-state index contributed by atoms with van der Waals surface area (Å²) in [6, 6.07) is 3.28. The van der Waals surface area contributed by atoms with E-state index < -0.39 is 10.0 Å². The molecule has 0 atom stereocenters. The van der Waals surface area contributed by atoms with Crippen LogP contribution in [0.25, 0.3) is 0 Å². The van der Waals surface area contributed by atoms with Crippen molar-refractivity contribution in [3.63, 3.8) is 0 Å². The molecule has 0 unspecified atom stereocenters. The molecule has 7 nitrogen and oxygen atoms in total. The van der Waals surface area contributed by atoms with E-state index in [1.807, 2.05) is 0 Å². The summed E-state index contributed by atoms with van der Waals surface area (Å²) < 4.78 is 38.6. The van der Waals surface area contributed by atoms with Gasteiger partial charge in [-0.1, -0.05) is 6.07 Å². The van der Waals surface area contributed by atoms with Gasteiger partial charge in [-0.25, -0.2) is 23.1 Å². The van der Waals surface area contributed by atoms with E-state index in [0.29, 0.717) is 16.0 Å². The van der Waals surface area contributed by atoms with Gasteiger partial charge in [-0.15, -0.1) is 11.3 Å². The van der Waals surface area contributed by atoms with Crippen LogP contribution in [-0.4, -0.2) is 37.6 Å². The van der Waals surface area contributed by atoms with Gasteiger partial charge >= 0.3 is 0 Å². The smallest absolute Gasteiger partial charge is 0.278 e. The Morgan fingerprint density at radius 2 is 1.88 bits per heavy atom. The lowest BCUT2D eigenvalue weighted by molar-refractivity contribution is 0.132. The number of nitrogens with zero attached hydrogens (tertiary/aromatic N) is 2. The Morgan fingerprint density at radius 1 is 1.17 bits per heavy atom. The average Bonchev–Trinajstić information content (AvgIpc) is 3.12. The van der Waals surface area contributed by atoms with Crippen molar-refractivity contribution in [1.82, 2.24) is 14.7 Å². The molecule has 1 saturated carbocycles. The molecular weight excluding hydrogens is 350 g/mol. The van der Waals surface area contributed by atoms with Crippen molar-refractivity contribution in [1.29, 1.82) is 0 Å². The molecule has 0 amide bonds. The lowest BCUT2D eigenvalue weighted by Crippen LogP contribution is -2.39. The summed E-state index contributed by atoms with van der Waals surface area (Å²) in [6.07, 6.45) is 6.02. The fraction of sp³-hybridized carbons (Fsp3) is 0.467. The Balaban J connectivity index is 1.54. The molecule has 2 aromatic rings. The van der Waals surface area contributed by atoms with Gasteiger partial charge in [0.2, 0.25) is 10.0 Å². The fourth-order valence-corrected chi connectivity index (χ4v) is 5.00. The van der Waals surface area contributed by atoms with Crippen molar-refractivity contribution in [2.24, 2.45) is 0 Å². The summed E-state index contributed by atoms with van der Waals surface area (Å²) in [5, 5.41) is 1.76. The van der Waals surface area contributed by atoms with Crippen LogP contribution in [-0.2, 0) is 10.0 Å². The molecule has 130 valence electrons. The number of ether oxygens (including phenoxy) is 2. The molecule has 0 aromatic carbocycles. The van der Waals surface area contributed by atoms with Crippen LogP contribution in [0.4, 0.5) is 0 Å². The Morgan fingerprint density at radius 3 is 2.50 bits per heavy atom. The molecule has 24 heavy (non-hydrogen) atoms. The van der Waals surface area contributed by atoms with Gasteiger partial charge in [0.05, 0.1) is 7.11 Å². The molecular formula is C15H19N3O4S2. The van der Waals surface area contributed by atoms with E-state index in [4.69, 9.17) is 9.47 Å². The predicted octanol–water partition coefficient (Wildman–Crippen LogP) is 2.22. The highest BCUT2D eigenvalue weighted by Gasteiger charge is 2.27. The first kappa shape index (κ1) is 17.1. The third kappa shape index (κ3) is 4.03. The largest absolute Gasteiger partial charge is 0.477 e. The molecule has 2 aromatic heterocycles. The van der Waals surface area contributed by atoms with Crippen LogP contribution in [0.2, 0.25) is 0 Å². The maximum atomic E-state index is 12.3. The number of aromatic nitrogens is 2. The predicted molar refractivity (Wildman–Crippen MR) is 89.9 cm³/mol. The van der Waals surface area contributed by atoms with Gasteiger partial charge in [-0.05, 0) is 37.1 Å². The summed E-state index contributed by atoms with van der Waals surface area (Å²) in [7, 11) is -1.90. The van der Waals surface area contributed by atoms with Crippen molar-refractivity contribution < 1.29 is 17.9 Å². The van der Waals surface area contributed by atoms with E-state index in [-0.39, 0.29) is 12.1 Å². The van der Waals surface area contributed by atoms with Gasteiger partial charge in [-0.2, -0.15) is 0 Å². The summed E-state index contributed by atoms with van der Waals surface area (Å²) in [4.78, 5) is 8.19. The second-order valence-electron chi connectivity index (χ2n) is 5.52. The molecule has 1 aliphatic carbocycles. The zero-order valence-electron chi connectivity index (χ0n) is 13.2. The maximum absolute atomic E-state index is 12.3. The lowest BCUT2D eigenvalue weighted by atomic mass is 9.94. The van der Waals surface area contributed by atoms with Gasteiger partial charge < -0.3 is 9.47 Å². The van der Waals surface area contributed by atoms with Crippen molar-refractivity contribution in [2.45, 2.75) is 42.0 Å². The highest BCUT2D eigenvalue weighted by atomic mass is 32.2. The van der Waals surface area contributed by atoms with Crippen LogP contribution in [0.1, 0.15) is 25.7 Å². The molecule has 1 fully saturated rings. The van der Waals surface area contributed by atoms with Crippen LogP contribution in [0.3, 0.4) is 0 Å². The highest BCUT2D eigenvalue weighted by molar-refractivity contribution is 7.91. The van der Waals surface area contributed by atoms with Crippen molar-refractivity contribution in [3.05, 3.63) is 29.9 Å². The molecule has 0 bridgehead atoms. The molecule has 0 radical (unpaired) electrons. The molecule has 0 spiro atoms. The molecule has 2 heterocycles. The number of hydrogen-bond donors (Lipinski definition) is 1. The van der Waals surface area contributed by atoms with E-state index in [2.05, 4.69) is 14.7 Å². The number of methoxy groups -OCH3 is 1. The number of thiophene rings is 1. The zero-order chi connectivity index (χ0) is 17.0. The van der Waals surface area contributed by atoms with Gasteiger partial charge in [0.1, 0.15) is 10.3 Å². The van der Waals surface area contributed by atoms with Crippen LogP contribution in [0.5, 0.6) is 11.8 Å². The minimum absolute atomic E-state index is 0.0157. The number of rotatable bonds is 6.